The third kappa shape index (κ3) is 4.11. The van der Waals surface area contributed by atoms with Gasteiger partial charge < -0.3 is 14.0 Å². The predicted molar refractivity (Wildman–Crippen MR) is 148 cm³/mol. The molecule has 5 aromatic rings. The van der Waals surface area contributed by atoms with Crippen molar-refractivity contribution >= 4 is 50.3 Å². The van der Waals surface area contributed by atoms with Crippen LogP contribution >= 0.6 is 15.9 Å². The zero-order valence-electron chi connectivity index (χ0n) is 21.4. The largest absolute Gasteiger partial charge is 0.465 e. The monoisotopic (exact) mass is 572 g/mol. The van der Waals surface area contributed by atoms with E-state index in [2.05, 4.69) is 15.9 Å². The van der Waals surface area contributed by atoms with Gasteiger partial charge in [-0.25, -0.2) is 9.59 Å². The average Bonchev–Trinajstić information content (AvgIpc) is 3.41. The Hall–Kier alpha value is -4.17. The second kappa shape index (κ2) is 9.95. The number of carbonyl (C=O) groups is 3. The van der Waals surface area contributed by atoms with E-state index in [0.29, 0.717) is 27.7 Å². The molecule has 192 valence electrons. The third-order valence-electron chi connectivity index (χ3n) is 6.79. The number of fused-ring (bicyclic) bond motifs is 3. The molecule has 0 saturated carbocycles. The van der Waals surface area contributed by atoms with Gasteiger partial charge in [0.1, 0.15) is 22.5 Å². The van der Waals surface area contributed by atoms with E-state index in [9.17, 15) is 14.4 Å². The Balaban J connectivity index is 2.00. The molecule has 0 fully saturated rings. The van der Waals surface area contributed by atoms with Crippen LogP contribution in [0.1, 0.15) is 53.5 Å². The fourth-order valence-electron chi connectivity index (χ4n) is 4.85. The summed E-state index contributed by atoms with van der Waals surface area (Å²) >= 11 is 3.42. The van der Waals surface area contributed by atoms with Crippen molar-refractivity contribution in [2.75, 3.05) is 14.2 Å². The third-order valence-corrected chi connectivity index (χ3v) is 7.28. The van der Waals surface area contributed by atoms with E-state index in [1.807, 2.05) is 66.9 Å². The van der Waals surface area contributed by atoms with Gasteiger partial charge in [0, 0.05) is 16.6 Å². The number of aromatic nitrogens is 2. The van der Waals surface area contributed by atoms with Crippen molar-refractivity contribution in [3.05, 3.63) is 110 Å². The molecule has 0 atom stereocenters. The summed E-state index contributed by atoms with van der Waals surface area (Å²) in [5.41, 5.74) is 5.21. The summed E-state index contributed by atoms with van der Waals surface area (Å²) in [6.07, 6.45) is 0. The summed E-state index contributed by atoms with van der Waals surface area (Å²) in [7, 11) is 2.48. The van der Waals surface area contributed by atoms with Crippen LogP contribution in [0, 0.1) is 13.8 Å². The Bertz CT molecular complexity index is 1750. The molecule has 0 bridgehead atoms. The quantitative estimate of drug-likeness (QED) is 0.181. The molecule has 0 saturated heterocycles. The lowest BCUT2D eigenvalue weighted by Crippen LogP contribution is -2.16. The van der Waals surface area contributed by atoms with Gasteiger partial charge in [-0.1, -0.05) is 58.4 Å². The van der Waals surface area contributed by atoms with Crippen LogP contribution < -0.4 is 0 Å². The topological polar surface area (TPSA) is 79.0 Å². The zero-order valence-corrected chi connectivity index (χ0v) is 23.0. The fourth-order valence-corrected chi connectivity index (χ4v) is 5.25. The molecular formula is C30H25BrN2O5. The number of benzene rings is 3. The molecule has 0 aliphatic carbocycles. The maximum atomic E-state index is 14.1. The Morgan fingerprint density at radius 1 is 0.789 bits per heavy atom. The van der Waals surface area contributed by atoms with Gasteiger partial charge in [0.25, 0.3) is 0 Å². The minimum Gasteiger partial charge on any atom is -0.465 e. The summed E-state index contributed by atoms with van der Waals surface area (Å²) in [6, 6.07) is 20.7. The van der Waals surface area contributed by atoms with Gasteiger partial charge in [-0.15, -0.1) is 0 Å². The standard InChI is InChI=1S/C30H25BrN2O5/c1-17-13-22-23(14-18(17)2)33-26(27(34)20-11-8-12-21(31)15-20)24(29(35)37-3)25(30(36)38-4)28(33)32(22)16-19-9-6-5-7-10-19/h5-15H,16H2,1-4H3. The van der Waals surface area contributed by atoms with Crippen LogP contribution in [-0.4, -0.2) is 40.9 Å². The number of ether oxygens (including phenoxy) is 2. The minimum atomic E-state index is -0.796. The Kier molecular flexibility index (Phi) is 6.67. The summed E-state index contributed by atoms with van der Waals surface area (Å²) in [5.74, 6) is -1.95. The Morgan fingerprint density at radius 3 is 2.05 bits per heavy atom. The molecule has 0 N–H and O–H groups in total. The molecule has 0 unspecified atom stereocenters. The molecule has 0 aliphatic heterocycles. The molecule has 2 heterocycles. The highest BCUT2D eigenvalue weighted by atomic mass is 79.9. The van der Waals surface area contributed by atoms with Crippen molar-refractivity contribution in [1.82, 2.24) is 8.97 Å². The minimum absolute atomic E-state index is 0.0138. The first kappa shape index (κ1) is 25.5. The number of carbonyl (C=O) groups excluding carboxylic acids is 3. The van der Waals surface area contributed by atoms with E-state index in [0.717, 1.165) is 22.2 Å². The van der Waals surface area contributed by atoms with Crippen molar-refractivity contribution in [3.63, 3.8) is 0 Å². The van der Waals surface area contributed by atoms with E-state index >= 15 is 0 Å². The van der Waals surface area contributed by atoms with Crippen LogP contribution in [0.4, 0.5) is 0 Å². The van der Waals surface area contributed by atoms with Crippen LogP contribution in [0.3, 0.4) is 0 Å². The summed E-state index contributed by atoms with van der Waals surface area (Å²) in [6.45, 7) is 4.39. The molecule has 8 heteroatoms. The number of hydrogen-bond acceptors (Lipinski definition) is 5. The van der Waals surface area contributed by atoms with Crippen molar-refractivity contribution < 1.29 is 23.9 Å². The second-order valence-electron chi connectivity index (χ2n) is 9.08. The number of halogens is 1. The van der Waals surface area contributed by atoms with Crippen molar-refractivity contribution in [2.45, 2.75) is 20.4 Å². The number of nitrogens with zero attached hydrogens (tertiary/aromatic N) is 2. The normalized spacial score (nSPS) is 11.2. The lowest BCUT2D eigenvalue weighted by Gasteiger charge is -2.10. The molecule has 7 nitrogen and oxygen atoms in total. The SMILES string of the molecule is COC(=O)c1c(C(=O)OC)c2n(Cc3ccccc3)c3cc(C)c(C)cc3n2c1C(=O)c1cccc(Br)c1. The van der Waals surface area contributed by atoms with Crippen LogP contribution in [0.25, 0.3) is 16.7 Å². The van der Waals surface area contributed by atoms with Gasteiger partial charge in [0.2, 0.25) is 5.78 Å². The van der Waals surface area contributed by atoms with Crippen LogP contribution in [0.15, 0.2) is 71.2 Å². The van der Waals surface area contributed by atoms with Gasteiger partial charge in [0.15, 0.2) is 0 Å². The van der Waals surface area contributed by atoms with Gasteiger partial charge in [-0.05, 0) is 54.8 Å². The summed E-state index contributed by atoms with van der Waals surface area (Å²) < 4.78 is 14.6. The van der Waals surface area contributed by atoms with Gasteiger partial charge in [-0.2, -0.15) is 0 Å². The van der Waals surface area contributed by atoms with E-state index in [-0.39, 0.29) is 16.8 Å². The fraction of sp³-hybridized carbons (Fsp3) is 0.167. The second-order valence-corrected chi connectivity index (χ2v) is 9.99. The van der Waals surface area contributed by atoms with Crippen LogP contribution in [0.5, 0.6) is 0 Å². The number of hydrogen-bond donors (Lipinski definition) is 0. The Labute approximate surface area is 227 Å². The molecule has 0 amide bonds. The first-order chi connectivity index (χ1) is 18.3. The molecule has 38 heavy (non-hydrogen) atoms. The lowest BCUT2D eigenvalue weighted by molar-refractivity contribution is 0.0556. The molecule has 5 rings (SSSR count). The highest BCUT2D eigenvalue weighted by Crippen LogP contribution is 2.35. The zero-order chi connectivity index (χ0) is 27.1. The number of esters is 2. The number of rotatable bonds is 6. The van der Waals surface area contributed by atoms with Crippen molar-refractivity contribution in [3.8, 4) is 0 Å². The summed E-state index contributed by atoms with van der Waals surface area (Å²) in [4.78, 5) is 40.7. The van der Waals surface area contributed by atoms with E-state index < -0.39 is 17.7 Å². The molecule has 3 aromatic carbocycles. The van der Waals surface area contributed by atoms with E-state index in [1.54, 1.807) is 22.6 Å². The molecular weight excluding hydrogens is 548 g/mol. The number of ketones is 1. The van der Waals surface area contributed by atoms with Gasteiger partial charge in [0.05, 0.1) is 25.3 Å². The van der Waals surface area contributed by atoms with Crippen LogP contribution in [0.2, 0.25) is 0 Å². The number of imidazole rings is 1. The maximum Gasteiger partial charge on any atom is 0.342 e. The van der Waals surface area contributed by atoms with Crippen molar-refractivity contribution in [1.29, 1.82) is 0 Å². The number of aryl methyl sites for hydroxylation is 2. The Morgan fingerprint density at radius 2 is 1.42 bits per heavy atom. The number of methoxy groups -OCH3 is 2. The van der Waals surface area contributed by atoms with Gasteiger partial charge >= 0.3 is 11.9 Å². The van der Waals surface area contributed by atoms with Crippen molar-refractivity contribution in [2.24, 2.45) is 0 Å². The molecule has 0 spiro atoms. The molecule has 2 aromatic heterocycles. The lowest BCUT2D eigenvalue weighted by atomic mass is 10.0. The van der Waals surface area contributed by atoms with E-state index in [4.69, 9.17) is 9.47 Å². The van der Waals surface area contributed by atoms with Gasteiger partial charge in [-0.3, -0.25) is 9.20 Å². The smallest absolute Gasteiger partial charge is 0.342 e. The van der Waals surface area contributed by atoms with E-state index in [1.165, 1.54) is 14.2 Å². The predicted octanol–water partition coefficient (Wildman–Crippen LogP) is 6.13. The highest BCUT2D eigenvalue weighted by Gasteiger charge is 2.36. The molecule has 0 aliphatic rings. The maximum absolute atomic E-state index is 14.1. The van der Waals surface area contributed by atoms with Crippen LogP contribution in [-0.2, 0) is 16.0 Å². The molecule has 0 radical (unpaired) electrons. The summed E-state index contributed by atoms with van der Waals surface area (Å²) in [5, 5.41) is 0. The highest BCUT2D eigenvalue weighted by molar-refractivity contribution is 9.10. The average molecular weight is 573 g/mol. The first-order valence-corrected chi connectivity index (χ1v) is 12.7. The first-order valence-electron chi connectivity index (χ1n) is 12.0.